The van der Waals surface area contributed by atoms with Crippen LogP contribution >= 0.6 is 0 Å². The van der Waals surface area contributed by atoms with Crippen molar-refractivity contribution in [3.63, 3.8) is 0 Å². The maximum absolute atomic E-state index is 9.74. The molecule has 19 heavy (non-hydrogen) atoms. The number of aliphatic hydroxyl groups excluding tert-OH is 2. The minimum atomic E-state index is -0.786. The zero-order valence-corrected chi connectivity index (χ0v) is 9.89. The van der Waals surface area contributed by atoms with Crippen LogP contribution in [0.5, 0.6) is 0 Å². The Labute approximate surface area is 109 Å². The van der Waals surface area contributed by atoms with Crippen LogP contribution in [0.25, 0.3) is 11.2 Å². The molecule has 0 bridgehead atoms. The van der Waals surface area contributed by atoms with E-state index >= 15 is 0 Å². The van der Waals surface area contributed by atoms with Gasteiger partial charge in [0.25, 0.3) is 0 Å². The van der Waals surface area contributed by atoms with Gasteiger partial charge in [0, 0.05) is 6.42 Å². The van der Waals surface area contributed by atoms with Gasteiger partial charge >= 0.3 is 0 Å². The molecule has 3 atom stereocenters. The van der Waals surface area contributed by atoms with Crippen LogP contribution in [0.15, 0.2) is 12.6 Å². The molecule has 3 rings (SSSR count). The molecule has 9 nitrogen and oxygen atoms in total. The van der Waals surface area contributed by atoms with E-state index in [0.717, 1.165) is 0 Å². The second-order valence-corrected chi connectivity index (χ2v) is 4.13. The molecule has 1 aliphatic heterocycles. The van der Waals surface area contributed by atoms with Crippen molar-refractivity contribution in [1.29, 1.82) is 0 Å². The Morgan fingerprint density at radius 2 is 2.32 bits per heavy atom. The molecular weight excluding hydrogens is 254 g/mol. The van der Waals surface area contributed by atoms with Crippen molar-refractivity contribution in [2.45, 2.75) is 24.9 Å². The molecule has 2 aromatic heterocycles. The van der Waals surface area contributed by atoms with E-state index in [1.807, 2.05) is 0 Å². The molecule has 104 valence electrons. The fourth-order valence-corrected chi connectivity index (χ4v) is 2.06. The highest BCUT2D eigenvalue weighted by atomic mass is 16.5. The monoisotopic (exact) mass is 270 g/mol. The van der Waals surface area contributed by atoms with Gasteiger partial charge in [-0.2, -0.15) is 0 Å². The normalized spacial score (nSPS) is 27.3. The lowest BCUT2D eigenvalue weighted by Crippen LogP contribution is -2.24. The lowest BCUT2D eigenvalue weighted by atomic mass is 10.2. The number of aliphatic hydroxyl groups is 2. The largest absolute Gasteiger partial charge is 0.412 e. The number of nitrogens with zero attached hydrogens (tertiary/aromatic N) is 4. The van der Waals surface area contributed by atoms with Crippen molar-refractivity contribution in [3.8, 4) is 0 Å². The molecule has 3 heterocycles. The molecule has 0 spiro atoms. The van der Waals surface area contributed by atoms with E-state index in [0.29, 0.717) is 11.2 Å². The quantitative estimate of drug-likeness (QED) is 0.583. The molecule has 0 radical (unpaired) electrons. The molecule has 0 unspecified atom stereocenters. The second-order valence-electron chi connectivity index (χ2n) is 4.13. The van der Waals surface area contributed by atoms with Gasteiger partial charge in [-0.1, -0.05) is 0 Å². The Bertz CT molecular complexity index is 621. The van der Waals surface area contributed by atoms with Crippen LogP contribution in [-0.4, -0.2) is 54.0 Å². The number of nitrogen functional groups attached to an aromatic ring is 1. The highest BCUT2D eigenvalue weighted by Crippen LogP contribution is 2.30. The standard InChI is InChI=1S/C10H13N5O3.H2O/c11-9-8-10(13-3-12-9)15(4-14-8)7-1-5(17)6(2-16)18-7;/h3-7,16-17H,1-2H2,(H2,11,12,13);1H2/t5-,6+,7+;/m0./s1/i4D;. The first-order valence-corrected chi connectivity index (χ1v) is 5.51. The SMILES string of the molecule is O.[2H]c1nc2c(N)ncnc2n1[C@H]1C[C@H](O)[C@@H](CO)O1. The predicted molar refractivity (Wildman–Crippen MR) is 65.0 cm³/mol. The van der Waals surface area contributed by atoms with Crippen LogP contribution in [0.1, 0.15) is 14.0 Å². The fraction of sp³-hybridized carbons (Fsp3) is 0.500. The summed E-state index contributed by atoms with van der Waals surface area (Å²) in [6.07, 6.45) is -0.583. The molecule has 0 saturated carbocycles. The molecular formula is C10H15N5O4. The summed E-state index contributed by atoms with van der Waals surface area (Å²) in [4.78, 5) is 11.8. The summed E-state index contributed by atoms with van der Waals surface area (Å²) >= 11 is 0. The summed E-state index contributed by atoms with van der Waals surface area (Å²) in [7, 11) is 0. The van der Waals surface area contributed by atoms with Crippen LogP contribution in [0.2, 0.25) is 0 Å². The van der Waals surface area contributed by atoms with Crippen LogP contribution in [0.3, 0.4) is 0 Å². The van der Waals surface area contributed by atoms with Crippen LogP contribution in [0, 0.1) is 0 Å². The summed E-state index contributed by atoms with van der Waals surface area (Å²) < 4.78 is 14.8. The number of rotatable bonds is 2. The number of hydrogen-bond donors (Lipinski definition) is 3. The lowest BCUT2D eigenvalue weighted by molar-refractivity contribution is -0.0432. The Kier molecular flexibility index (Phi) is 3.25. The predicted octanol–water partition coefficient (Wildman–Crippen LogP) is -1.78. The third-order valence-corrected chi connectivity index (χ3v) is 3.00. The van der Waals surface area contributed by atoms with E-state index in [2.05, 4.69) is 15.0 Å². The third-order valence-electron chi connectivity index (χ3n) is 3.00. The summed E-state index contributed by atoms with van der Waals surface area (Å²) in [6, 6.07) is 0. The average molecular weight is 270 g/mol. The Balaban J connectivity index is 0.00000147. The molecule has 1 aliphatic rings. The number of ether oxygens (including phenoxy) is 1. The Hall–Kier alpha value is -1.81. The molecule has 0 amide bonds. The van der Waals surface area contributed by atoms with E-state index < -0.39 is 18.4 Å². The first-order valence-electron chi connectivity index (χ1n) is 6.01. The number of imidazole rings is 1. The average Bonchev–Trinajstić information content (AvgIpc) is 2.90. The molecule has 0 aliphatic carbocycles. The van der Waals surface area contributed by atoms with Crippen LogP contribution in [0.4, 0.5) is 5.82 Å². The van der Waals surface area contributed by atoms with E-state index in [9.17, 15) is 5.11 Å². The molecule has 1 saturated heterocycles. The second kappa shape index (κ2) is 5.05. The minimum Gasteiger partial charge on any atom is -0.412 e. The van der Waals surface area contributed by atoms with E-state index in [4.69, 9.17) is 16.9 Å². The maximum Gasteiger partial charge on any atom is 0.167 e. The maximum atomic E-state index is 9.74. The van der Waals surface area contributed by atoms with Crippen molar-refractivity contribution >= 4 is 17.0 Å². The van der Waals surface area contributed by atoms with Crippen molar-refractivity contribution < 1.29 is 21.8 Å². The Morgan fingerprint density at radius 3 is 3.00 bits per heavy atom. The van der Waals surface area contributed by atoms with Crippen molar-refractivity contribution in [2.24, 2.45) is 0 Å². The first kappa shape index (κ1) is 12.2. The van der Waals surface area contributed by atoms with Gasteiger partial charge in [-0.25, -0.2) is 15.0 Å². The van der Waals surface area contributed by atoms with Crippen molar-refractivity contribution in [2.75, 3.05) is 12.3 Å². The summed E-state index contributed by atoms with van der Waals surface area (Å²) in [5.74, 6) is 0.189. The zero-order chi connectivity index (χ0) is 13.6. The summed E-state index contributed by atoms with van der Waals surface area (Å²) in [5.41, 5.74) is 6.39. The minimum absolute atomic E-state index is 0. The topological polar surface area (TPSA) is 151 Å². The fourth-order valence-electron chi connectivity index (χ4n) is 2.06. The van der Waals surface area contributed by atoms with Gasteiger partial charge in [0.1, 0.15) is 25.5 Å². The van der Waals surface area contributed by atoms with Gasteiger partial charge in [-0.15, -0.1) is 0 Å². The molecule has 2 aromatic rings. The summed E-state index contributed by atoms with van der Waals surface area (Å²) in [6.45, 7) is -0.283. The Morgan fingerprint density at radius 1 is 1.53 bits per heavy atom. The van der Waals surface area contributed by atoms with Gasteiger partial charge in [-0.05, 0) is 0 Å². The molecule has 6 N–H and O–H groups in total. The smallest absolute Gasteiger partial charge is 0.167 e. The number of anilines is 1. The third kappa shape index (κ3) is 2.12. The van der Waals surface area contributed by atoms with Gasteiger partial charge in [0.2, 0.25) is 0 Å². The van der Waals surface area contributed by atoms with Gasteiger partial charge in [0.15, 0.2) is 11.5 Å². The number of aromatic nitrogens is 4. The van der Waals surface area contributed by atoms with Gasteiger partial charge < -0.3 is 26.2 Å². The van der Waals surface area contributed by atoms with E-state index in [-0.39, 0.29) is 30.6 Å². The molecule has 0 aromatic carbocycles. The molecule has 1 fully saturated rings. The van der Waals surface area contributed by atoms with Crippen molar-refractivity contribution in [1.82, 2.24) is 19.5 Å². The van der Waals surface area contributed by atoms with Crippen LogP contribution in [-0.2, 0) is 4.74 Å². The highest BCUT2D eigenvalue weighted by molar-refractivity contribution is 5.81. The summed E-state index contributed by atoms with van der Waals surface area (Å²) in [5, 5.41) is 18.8. The van der Waals surface area contributed by atoms with Gasteiger partial charge in [0.05, 0.1) is 19.0 Å². The van der Waals surface area contributed by atoms with Gasteiger partial charge in [-0.3, -0.25) is 4.57 Å². The van der Waals surface area contributed by atoms with Crippen LogP contribution < -0.4 is 5.73 Å². The number of hydrogen-bond acceptors (Lipinski definition) is 7. The zero-order valence-electron chi connectivity index (χ0n) is 10.9. The highest BCUT2D eigenvalue weighted by Gasteiger charge is 2.35. The van der Waals surface area contributed by atoms with E-state index in [1.54, 1.807) is 0 Å². The van der Waals surface area contributed by atoms with E-state index in [1.165, 1.54) is 10.9 Å². The number of nitrogens with two attached hydrogens (primary N) is 1. The molecule has 9 heteroatoms. The number of fused-ring (bicyclic) bond motifs is 1. The van der Waals surface area contributed by atoms with Crippen molar-refractivity contribution in [3.05, 3.63) is 12.6 Å². The lowest BCUT2D eigenvalue weighted by Gasteiger charge is -2.13. The first-order chi connectivity index (χ1) is 9.11.